The Labute approximate surface area is 334 Å². The number of fused-ring (bicyclic) bond motifs is 3. The van der Waals surface area contributed by atoms with Crippen LogP contribution < -0.4 is 30.1 Å². The molecular weight excluding hydrogens is 753 g/mol. The number of nitrogens with one attached hydrogen (secondary N) is 4. The number of carbonyl (C=O) groups is 4. The maximum atomic E-state index is 14.9. The summed E-state index contributed by atoms with van der Waals surface area (Å²) >= 11 is 0. The third-order valence-electron chi connectivity index (χ3n) is 12.4. The molecule has 5 aliphatic rings. The fourth-order valence-corrected chi connectivity index (χ4v) is 10.1. The molecule has 0 spiro atoms. The SMILES string of the molecule is C=C[C@@H]1C[C@]1(NC(=O)[C@@H]1C[C@@H]2CN1C(=O)[C@H](C1CCCCC1)NC(=O)OCC(C)(C)CCCc1cc3c(cc(NC)nc3cc1OC)O2)C(=O)NS(=O)(=O)C1CC1. The molecule has 4 fully saturated rings. The molecule has 57 heavy (non-hydrogen) atoms. The van der Waals surface area contributed by atoms with Crippen LogP contribution in [0.25, 0.3) is 10.9 Å². The lowest BCUT2D eigenvalue weighted by molar-refractivity contribution is -0.142. The Balaban J connectivity index is 1.26. The van der Waals surface area contributed by atoms with Crippen molar-refractivity contribution in [1.82, 2.24) is 25.2 Å². The van der Waals surface area contributed by atoms with Crippen molar-refractivity contribution < 1.29 is 41.8 Å². The average Bonchev–Trinajstić information content (AvgIpc) is 4.12. The first-order valence-electron chi connectivity index (χ1n) is 20.3. The topological polar surface area (TPSA) is 194 Å². The van der Waals surface area contributed by atoms with Gasteiger partial charge in [0.15, 0.2) is 0 Å². The first kappa shape index (κ1) is 40.6. The molecular formula is C41H56N6O9S. The van der Waals surface area contributed by atoms with Crippen LogP contribution in [0, 0.1) is 17.3 Å². The predicted octanol–water partition coefficient (Wildman–Crippen LogP) is 4.34. The van der Waals surface area contributed by atoms with Crippen LogP contribution in [0.4, 0.5) is 10.6 Å². The summed E-state index contributed by atoms with van der Waals surface area (Å²) in [6, 6.07) is 3.60. The molecule has 0 radical (unpaired) electrons. The van der Waals surface area contributed by atoms with Gasteiger partial charge in [-0.25, -0.2) is 18.2 Å². The first-order valence-corrected chi connectivity index (χ1v) is 21.8. The Morgan fingerprint density at radius 1 is 1.09 bits per heavy atom. The molecule has 1 saturated heterocycles. The number of benzene rings is 1. The normalized spacial score (nSPS) is 28.2. The Morgan fingerprint density at radius 2 is 1.84 bits per heavy atom. The minimum Gasteiger partial charge on any atom is -0.496 e. The number of alkyl carbamates (subject to hydrolysis) is 1. The highest BCUT2D eigenvalue weighted by Gasteiger charge is 2.62. The van der Waals surface area contributed by atoms with E-state index in [2.05, 4.69) is 27.3 Å². The number of nitrogens with zero attached hydrogens (tertiary/aromatic N) is 2. The van der Waals surface area contributed by atoms with E-state index in [1.807, 2.05) is 26.0 Å². The lowest BCUT2D eigenvalue weighted by Gasteiger charge is -2.35. The minimum absolute atomic E-state index is 0.00571. The molecule has 15 nitrogen and oxygen atoms in total. The summed E-state index contributed by atoms with van der Waals surface area (Å²) in [4.78, 5) is 62.8. The highest BCUT2D eigenvalue weighted by atomic mass is 32.2. The zero-order chi connectivity index (χ0) is 40.7. The van der Waals surface area contributed by atoms with Gasteiger partial charge in [0.05, 0.1) is 31.0 Å². The predicted molar refractivity (Wildman–Crippen MR) is 213 cm³/mol. The van der Waals surface area contributed by atoms with E-state index in [1.54, 1.807) is 20.2 Å². The van der Waals surface area contributed by atoms with Crippen LogP contribution in [0.5, 0.6) is 11.5 Å². The van der Waals surface area contributed by atoms with Gasteiger partial charge in [-0.3, -0.25) is 19.1 Å². The Bertz CT molecular complexity index is 2030. The molecule has 3 saturated carbocycles. The highest BCUT2D eigenvalue weighted by molar-refractivity contribution is 7.91. The van der Waals surface area contributed by atoms with Crippen molar-refractivity contribution in [3.8, 4) is 11.5 Å². The summed E-state index contributed by atoms with van der Waals surface area (Å²) < 4.78 is 46.1. The molecule has 4 bridgehead atoms. The van der Waals surface area contributed by atoms with E-state index in [1.165, 1.54) is 11.0 Å². The lowest BCUT2D eigenvalue weighted by Crippen LogP contribution is -2.59. The number of sulfonamides is 1. The second-order valence-electron chi connectivity index (χ2n) is 17.2. The van der Waals surface area contributed by atoms with Crippen LogP contribution in [0.2, 0.25) is 0 Å². The van der Waals surface area contributed by atoms with E-state index in [-0.39, 0.29) is 37.3 Å². The molecule has 3 heterocycles. The third kappa shape index (κ3) is 8.65. The van der Waals surface area contributed by atoms with Gasteiger partial charge in [0, 0.05) is 36.9 Å². The molecule has 3 aliphatic carbocycles. The van der Waals surface area contributed by atoms with Crippen molar-refractivity contribution in [2.75, 3.05) is 32.6 Å². The molecule has 16 heteroatoms. The summed E-state index contributed by atoms with van der Waals surface area (Å²) in [5.41, 5.74) is -0.323. The number of amides is 4. The summed E-state index contributed by atoms with van der Waals surface area (Å²) in [6.07, 6.45) is 7.76. The maximum absolute atomic E-state index is 14.9. The summed E-state index contributed by atoms with van der Waals surface area (Å²) in [7, 11) is -0.528. The zero-order valence-corrected chi connectivity index (χ0v) is 34.2. The molecule has 310 valence electrons. The molecule has 5 atom stereocenters. The van der Waals surface area contributed by atoms with E-state index < -0.39 is 68.7 Å². The van der Waals surface area contributed by atoms with Gasteiger partial charge in [-0.15, -0.1) is 6.58 Å². The molecule has 4 amide bonds. The number of aromatic nitrogens is 1. The number of rotatable bonds is 9. The van der Waals surface area contributed by atoms with Gasteiger partial charge in [-0.05, 0) is 74.3 Å². The van der Waals surface area contributed by atoms with E-state index in [4.69, 9.17) is 19.2 Å². The van der Waals surface area contributed by atoms with Crippen LogP contribution in [0.3, 0.4) is 0 Å². The number of ether oxygens (including phenoxy) is 3. The Hall–Kier alpha value is -4.60. The smallest absolute Gasteiger partial charge is 0.407 e. The summed E-state index contributed by atoms with van der Waals surface area (Å²) in [5.74, 6) is -0.854. The van der Waals surface area contributed by atoms with E-state index in [0.717, 1.165) is 43.1 Å². The molecule has 1 aromatic carbocycles. The number of methoxy groups -OCH3 is 1. The molecule has 7 rings (SSSR count). The molecule has 1 aromatic heterocycles. The van der Waals surface area contributed by atoms with E-state index in [9.17, 15) is 27.6 Å². The number of pyridine rings is 1. The Kier molecular flexibility index (Phi) is 11.4. The highest BCUT2D eigenvalue weighted by Crippen LogP contribution is 2.46. The van der Waals surface area contributed by atoms with Gasteiger partial charge in [0.1, 0.15) is 41.0 Å². The van der Waals surface area contributed by atoms with E-state index in [0.29, 0.717) is 54.9 Å². The fraction of sp³-hybridized carbons (Fsp3) is 0.634. The first-order chi connectivity index (χ1) is 27.2. The van der Waals surface area contributed by atoms with E-state index >= 15 is 0 Å². The largest absolute Gasteiger partial charge is 0.496 e. The number of hydrogen-bond acceptors (Lipinski definition) is 11. The quantitative estimate of drug-likeness (QED) is 0.264. The van der Waals surface area contributed by atoms with Crippen LogP contribution in [-0.4, -0.2) is 98.4 Å². The van der Waals surface area contributed by atoms with Gasteiger partial charge >= 0.3 is 6.09 Å². The lowest BCUT2D eigenvalue weighted by atomic mass is 9.83. The maximum Gasteiger partial charge on any atom is 0.407 e. The summed E-state index contributed by atoms with van der Waals surface area (Å²) in [5, 5.41) is 8.96. The molecule has 0 unspecified atom stereocenters. The summed E-state index contributed by atoms with van der Waals surface area (Å²) in [6.45, 7) is 8.03. The van der Waals surface area contributed by atoms with Gasteiger partial charge in [0.2, 0.25) is 21.8 Å². The molecule has 4 N–H and O–H groups in total. The van der Waals surface area contributed by atoms with Crippen molar-refractivity contribution in [3.63, 3.8) is 0 Å². The Morgan fingerprint density at radius 3 is 2.51 bits per heavy atom. The van der Waals surface area contributed by atoms with Crippen molar-refractivity contribution in [2.24, 2.45) is 17.3 Å². The second-order valence-corrected chi connectivity index (χ2v) is 19.2. The monoisotopic (exact) mass is 808 g/mol. The molecule has 2 aliphatic heterocycles. The van der Waals surface area contributed by atoms with Crippen molar-refractivity contribution >= 4 is 50.6 Å². The average molecular weight is 809 g/mol. The number of aryl methyl sites for hydroxylation is 1. The zero-order valence-electron chi connectivity index (χ0n) is 33.4. The van der Waals surface area contributed by atoms with Crippen molar-refractivity contribution in [1.29, 1.82) is 0 Å². The van der Waals surface area contributed by atoms with Gasteiger partial charge in [-0.2, -0.15) is 0 Å². The van der Waals surface area contributed by atoms with Crippen molar-refractivity contribution in [2.45, 2.75) is 120 Å². The van der Waals surface area contributed by atoms with Gasteiger partial charge in [0.25, 0.3) is 5.91 Å². The standard InChI is InChI=1S/C41H56N6O9S/c1-6-26-21-41(26,38(50)46-57(52,53)28-14-15-28)45-36(48)31-18-27-22-47(31)37(49)35(24-11-8-7-9-12-24)44-39(51)55-23-40(2,3)16-10-13-25-17-29-30(19-32(25)54-5)43-34(42-4)20-33(29)56-27/h6,17,19-20,24,26-28,31,35H,1,7-16,18,21-23H2,2-5H3,(H,42,43)(H,44,51)(H,45,48)(H,46,50)/t26-,27-,31+,35+,41-/m1/s1. The van der Waals surface area contributed by atoms with Crippen LogP contribution >= 0.6 is 0 Å². The third-order valence-corrected chi connectivity index (χ3v) is 14.2. The minimum atomic E-state index is -3.90. The second kappa shape index (κ2) is 16.0. The van der Waals surface area contributed by atoms with Gasteiger partial charge in [-0.1, -0.05) is 39.2 Å². The number of carbonyl (C=O) groups excluding carboxylic acids is 4. The van der Waals surface area contributed by atoms with Crippen LogP contribution in [0.15, 0.2) is 30.9 Å². The van der Waals surface area contributed by atoms with Gasteiger partial charge < -0.3 is 35.1 Å². The number of cyclic esters (lactones) is 1. The molecule has 2 aromatic rings. The van der Waals surface area contributed by atoms with Crippen LogP contribution in [0.1, 0.15) is 90.0 Å². The fourth-order valence-electron chi connectivity index (χ4n) is 8.74. The number of anilines is 1. The van der Waals surface area contributed by atoms with Crippen LogP contribution in [-0.2, 0) is 35.6 Å². The number of hydrogen-bond donors (Lipinski definition) is 4. The van der Waals surface area contributed by atoms with Crippen molar-refractivity contribution in [3.05, 3.63) is 36.4 Å².